The molecule has 178 valence electrons. The minimum atomic E-state index is -0.518. The zero-order valence-corrected chi connectivity index (χ0v) is 20.3. The summed E-state index contributed by atoms with van der Waals surface area (Å²) in [7, 11) is 0. The Morgan fingerprint density at radius 2 is 1.86 bits per heavy atom. The van der Waals surface area contributed by atoms with Crippen molar-refractivity contribution in [2.24, 2.45) is 0 Å². The lowest BCUT2D eigenvalue weighted by Crippen LogP contribution is -2.38. The summed E-state index contributed by atoms with van der Waals surface area (Å²) in [6.07, 6.45) is 0. The largest absolute Gasteiger partial charge is 0.436 e. The summed E-state index contributed by atoms with van der Waals surface area (Å²) in [6.45, 7) is 6.28. The van der Waals surface area contributed by atoms with Crippen LogP contribution in [0.3, 0.4) is 0 Å². The molecule has 35 heavy (non-hydrogen) atoms. The first-order chi connectivity index (χ1) is 16.7. The molecule has 0 bridgehead atoms. The van der Waals surface area contributed by atoms with Crippen molar-refractivity contribution in [2.45, 2.75) is 33.2 Å². The Morgan fingerprint density at radius 1 is 1.11 bits per heavy atom. The summed E-state index contributed by atoms with van der Waals surface area (Å²) in [4.78, 5) is 27.6. The SMILES string of the molecule is Cc1ccc(C(=O)NC(=S)NCc2ccc(-c3nc4cc(C(C)C)ccc4o3)cc2)cc1[N+](=O)[O-]. The van der Waals surface area contributed by atoms with E-state index in [0.29, 0.717) is 23.9 Å². The molecule has 1 aromatic heterocycles. The number of hydrogen-bond acceptors (Lipinski definition) is 6. The van der Waals surface area contributed by atoms with E-state index in [1.807, 2.05) is 30.3 Å². The molecule has 0 aliphatic rings. The Hall–Kier alpha value is -4.11. The third kappa shape index (κ3) is 5.52. The third-order valence-electron chi connectivity index (χ3n) is 5.63. The van der Waals surface area contributed by atoms with Gasteiger partial charge in [-0.3, -0.25) is 20.2 Å². The predicted octanol–water partition coefficient (Wildman–Crippen LogP) is 5.64. The second kappa shape index (κ2) is 10.0. The van der Waals surface area contributed by atoms with Gasteiger partial charge in [0.2, 0.25) is 5.89 Å². The second-order valence-electron chi connectivity index (χ2n) is 8.49. The molecule has 9 heteroatoms. The van der Waals surface area contributed by atoms with Crippen molar-refractivity contribution < 1.29 is 14.1 Å². The number of nitro benzene ring substituents is 1. The highest BCUT2D eigenvalue weighted by molar-refractivity contribution is 7.80. The van der Waals surface area contributed by atoms with Crippen LogP contribution in [-0.4, -0.2) is 20.9 Å². The van der Waals surface area contributed by atoms with E-state index in [4.69, 9.17) is 16.6 Å². The van der Waals surface area contributed by atoms with E-state index in [9.17, 15) is 14.9 Å². The summed E-state index contributed by atoms with van der Waals surface area (Å²) in [5, 5.41) is 16.8. The molecule has 4 rings (SSSR count). The molecule has 1 amide bonds. The van der Waals surface area contributed by atoms with Gasteiger partial charge in [0.1, 0.15) is 5.52 Å². The number of thiocarbonyl (C=S) groups is 1. The fourth-order valence-corrected chi connectivity index (χ4v) is 3.71. The van der Waals surface area contributed by atoms with Crippen LogP contribution in [0.1, 0.15) is 46.8 Å². The average molecular weight is 489 g/mol. The van der Waals surface area contributed by atoms with Crippen molar-refractivity contribution in [3.63, 3.8) is 0 Å². The number of nitrogens with zero attached hydrogens (tertiary/aromatic N) is 2. The fourth-order valence-electron chi connectivity index (χ4n) is 3.54. The van der Waals surface area contributed by atoms with E-state index in [-0.39, 0.29) is 16.4 Å². The van der Waals surface area contributed by atoms with Gasteiger partial charge >= 0.3 is 0 Å². The van der Waals surface area contributed by atoms with Gasteiger partial charge < -0.3 is 9.73 Å². The smallest absolute Gasteiger partial charge is 0.273 e. The van der Waals surface area contributed by atoms with E-state index < -0.39 is 10.8 Å². The van der Waals surface area contributed by atoms with Gasteiger partial charge in [-0.15, -0.1) is 0 Å². The molecule has 0 saturated heterocycles. The van der Waals surface area contributed by atoms with Crippen LogP contribution in [0.5, 0.6) is 0 Å². The summed E-state index contributed by atoms with van der Waals surface area (Å²) >= 11 is 5.21. The number of amides is 1. The van der Waals surface area contributed by atoms with E-state index in [1.165, 1.54) is 23.8 Å². The van der Waals surface area contributed by atoms with E-state index >= 15 is 0 Å². The van der Waals surface area contributed by atoms with Gasteiger partial charge in [0.15, 0.2) is 10.7 Å². The van der Waals surface area contributed by atoms with Crippen LogP contribution >= 0.6 is 12.2 Å². The van der Waals surface area contributed by atoms with Gasteiger partial charge in [-0.25, -0.2) is 4.98 Å². The molecule has 0 aliphatic carbocycles. The minimum Gasteiger partial charge on any atom is -0.436 e. The molecular formula is C26H24N4O4S. The molecule has 0 fully saturated rings. The average Bonchev–Trinajstić information content (AvgIpc) is 3.26. The molecule has 8 nitrogen and oxygen atoms in total. The number of fused-ring (bicyclic) bond motifs is 1. The molecule has 0 radical (unpaired) electrons. The summed E-state index contributed by atoms with van der Waals surface area (Å²) in [5.41, 5.74) is 5.11. The van der Waals surface area contributed by atoms with Crippen LogP contribution in [0.15, 0.2) is 65.1 Å². The maximum absolute atomic E-state index is 12.4. The van der Waals surface area contributed by atoms with Crippen LogP contribution in [0.2, 0.25) is 0 Å². The first kappa shape index (κ1) is 24.0. The summed E-state index contributed by atoms with van der Waals surface area (Å²) < 4.78 is 5.91. The number of nitro groups is 1. The molecule has 4 aromatic rings. The molecule has 0 atom stereocenters. The Bertz CT molecular complexity index is 1430. The Morgan fingerprint density at radius 3 is 2.54 bits per heavy atom. The minimum absolute atomic E-state index is 0.115. The van der Waals surface area contributed by atoms with Gasteiger partial charge in [0.25, 0.3) is 11.6 Å². The Labute approximate surface area is 207 Å². The number of aromatic nitrogens is 1. The first-order valence-electron chi connectivity index (χ1n) is 11.1. The van der Waals surface area contributed by atoms with E-state index in [1.54, 1.807) is 6.92 Å². The topological polar surface area (TPSA) is 110 Å². The molecule has 1 heterocycles. The van der Waals surface area contributed by atoms with Gasteiger partial charge in [-0.2, -0.15) is 0 Å². The second-order valence-corrected chi connectivity index (χ2v) is 8.90. The highest BCUT2D eigenvalue weighted by Gasteiger charge is 2.16. The number of oxazole rings is 1. The van der Waals surface area contributed by atoms with Crippen molar-refractivity contribution in [2.75, 3.05) is 0 Å². The standard InChI is InChI=1S/C26H24N4O4S/c1-15(2)19-10-11-23-21(12-19)28-25(34-23)18-8-5-17(6-9-18)14-27-26(35)29-24(31)20-7-4-16(3)22(13-20)30(32)33/h4-13,15H,14H2,1-3H3,(H2,27,29,31,35). The van der Waals surface area contributed by atoms with Crippen molar-refractivity contribution in [1.82, 2.24) is 15.6 Å². The number of aryl methyl sites for hydroxylation is 1. The lowest BCUT2D eigenvalue weighted by molar-refractivity contribution is -0.385. The molecule has 3 aromatic carbocycles. The lowest BCUT2D eigenvalue weighted by Gasteiger charge is -2.10. The molecule has 0 saturated carbocycles. The van der Waals surface area contributed by atoms with Crippen LogP contribution in [0.4, 0.5) is 5.69 Å². The lowest BCUT2D eigenvalue weighted by atomic mass is 10.0. The van der Waals surface area contributed by atoms with Crippen LogP contribution in [0.25, 0.3) is 22.6 Å². The monoisotopic (exact) mass is 488 g/mol. The van der Waals surface area contributed by atoms with Gasteiger partial charge in [-0.1, -0.05) is 38.1 Å². The Kier molecular flexibility index (Phi) is 6.88. The van der Waals surface area contributed by atoms with Gasteiger partial charge in [0.05, 0.1) is 4.92 Å². The van der Waals surface area contributed by atoms with Crippen molar-refractivity contribution in [3.8, 4) is 11.5 Å². The fraction of sp³-hybridized carbons (Fsp3) is 0.192. The molecule has 2 N–H and O–H groups in total. The van der Waals surface area contributed by atoms with Gasteiger partial charge in [-0.05, 0) is 66.5 Å². The molecule has 0 unspecified atom stereocenters. The zero-order valence-electron chi connectivity index (χ0n) is 19.5. The molecular weight excluding hydrogens is 464 g/mol. The third-order valence-corrected chi connectivity index (χ3v) is 5.87. The molecule has 0 spiro atoms. The highest BCUT2D eigenvalue weighted by Crippen LogP contribution is 2.27. The quantitative estimate of drug-likeness (QED) is 0.205. The molecule has 0 aliphatic heterocycles. The number of carbonyl (C=O) groups is 1. The Balaban J connectivity index is 1.36. The maximum Gasteiger partial charge on any atom is 0.273 e. The number of rotatable bonds is 6. The van der Waals surface area contributed by atoms with Crippen LogP contribution in [0, 0.1) is 17.0 Å². The highest BCUT2D eigenvalue weighted by atomic mass is 32.1. The number of nitrogens with one attached hydrogen (secondary N) is 2. The van der Waals surface area contributed by atoms with Gasteiger partial charge in [0, 0.05) is 29.3 Å². The summed E-state index contributed by atoms with van der Waals surface area (Å²) in [5.74, 6) is 0.450. The number of hydrogen-bond donors (Lipinski definition) is 2. The van der Waals surface area contributed by atoms with Crippen molar-refractivity contribution in [3.05, 3.63) is 93.0 Å². The maximum atomic E-state index is 12.4. The van der Waals surface area contributed by atoms with E-state index in [0.717, 1.165) is 22.2 Å². The zero-order chi connectivity index (χ0) is 25.1. The predicted molar refractivity (Wildman–Crippen MR) is 138 cm³/mol. The number of carbonyl (C=O) groups excluding carboxylic acids is 1. The van der Waals surface area contributed by atoms with Crippen LogP contribution < -0.4 is 10.6 Å². The van der Waals surface area contributed by atoms with Crippen LogP contribution in [-0.2, 0) is 6.54 Å². The normalized spacial score (nSPS) is 11.0. The van der Waals surface area contributed by atoms with Crippen molar-refractivity contribution in [1.29, 1.82) is 0 Å². The van der Waals surface area contributed by atoms with Crippen molar-refractivity contribution >= 4 is 40.0 Å². The first-order valence-corrected chi connectivity index (χ1v) is 11.5. The summed E-state index contributed by atoms with van der Waals surface area (Å²) in [6, 6.07) is 18.0. The number of benzene rings is 3. The van der Waals surface area contributed by atoms with E-state index in [2.05, 4.69) is 41.6 Å².